The molecule has 3 rings (SSSR count). The molecule has 0 saturated heterocycles. The van der Waals surface area contributed by atoms with Gasteiger partial charge in [-0.2, -0.15) is 11.3 Å². The quantitative estimate of drug-likeness (QED) is 0.550. The van der Waals surface area contributed by atoms with E-state index in [0.717, 1.165) is 42.6 Å². The maximum Gasteiger partial charge on any atom is 0.232 e. The molecule has 0 aliphatic heterocycles. The Morgan fingerprint density at radius 1 is 1.25 bits per heavy atom. The van der Waals surface area contributed by atoms with Crippen LogP contribution in [0.5, 0.6) is 5.88 Å². The van der Waals surface area contributed by atoms with E-state index in [1.807, 2.05) is 22.8 Å². The van der Waals surface area contributed by atoms with E-state index in [4.69, 9.17) is 4.74 Å². The maximum absolute atomic E-state index is 6.03. The van der Waals surface area contributed by atoms with Crippen LogP contribution in [-0.2, 0) is 0 Å². The highest BCUT2D eigenvalue weighted by molar-refractivity contribution is 7.08. The number of hydrogen-bond donors (Lipinski definition) is 0. The molecular weight excluding hydrogens is 318 g/mol. The van der Waals surface area contributed by atoms with Gasteiger partial charge in [0.15, 0.2) is 5.65 Å². The number of nitrogens with zero attached hydrogens (tertiary/aromatic N) is 3. The minimum Gasteiger partial charge on any atom is -0.474 e. The first-order valence-corrected chi connectivity index (χ1v) is 9.53. The highest BCUT2D eigenvalue weighted by atomic mass is 32.1. The fourth-order valence-corrected chi connectivity index (χ4v) is 3.45. The molecule has 3 aromatic rings. The Morgan fingerprint density at radius 3 is 2.79 bits per heavy atom. The van der Waals surface area contributed by atoms with Gasteiger partial charge in [-0.15, -0.1) is 5.10 Å². The smallest absolute Gasteiger partial charge is 0.232 e. The summed E-state index contributed by atoms with van der Waals surface area (Å²) in [4.78, 5) is 4.42. The highest BCUT2D eigenvalue weighted by Crippen LogP contribution is 2.24. The van der Waals surface area contributed by atoms with Gasteiger partial charge >= 0.3 is 0 Å². The second-order valence-corrected chi connectivity index (χ2v) is 6.80. The lowest BCUT2D eigenvalue weighted by molar-refractivity contribution is 0.197. The molecular formula is C19H24N3OS. The third kappa shape index (κ3) is 3.78. The molecule has 3 aromatic heterocycles. The van der Waals surface area contributed by atoms with E-state index in [2.05, 4.69) is 47.7 Å². The molecule has 1 atom stereocenters. The van der Waals surface area contributed by atoms with Gasteiger partial charge in [0.05, 0.1) is 18.0 Å². The molecule has 1 unspecified atom stereocenters. The Hall–Kier alpha value is -1.88. The van der Waals surface area contributed by atoms with Crippen LogP contribution in [0.2, 0.25) is 0 Å². The van der Waals surface area contributed by atoms with Crippen molar-refractivity contribution < 1.29 is 4.74 Å². The fraction of sp³-hybridized carbons (Fsp3) is 0.421. The summed E-state index contributed by atoms with van der Waals surface area (Å²) in [6.45, 7) is 6.57. The van der Waals surface area contributed by atoms with Gasteiger partial charge in [-0.05, 0) is 56.0 Å². The number of thiophene rings is 1. The lowest BCUT2D eigenvalue weighted by Gasteiger charge is -2.17. The number of fused-ring (bicyclic) bond motifs is 1. The minimum absolute atomic E-state index is 0.149. The standard InChI is InChI=1S/C19H24N3OS/c1-4-15(5-2)7-6-14(3)23-19-9-8-18-20-12-17(22(18)21-19)16-10-11-24-13-16/h8-14H,4-7H2,1-3H3. The Balaban J connectivity index is 1.72. The molecule has 0 spiro atoms. The Labute approximate surface area is 147 Å². The molecule has 0 aromatic carbocycles. The molecule has 1 radical (unpaired) electrons. The average molecular weight is 342 g/mol. The zero-order chi connectivity index (χ0) is 16.9. The third-order valence-electron chi connectivity index (χ3n) is 4.38. The highest BCUT2D eigenvalue weighted by Gasteiger charge is 2.12. The second-order valence-electron chi connectivity index (χ2n) is 6.02. The predicted molar refractivity (Wildman–Crippen MR) is 99.4 cm³/mol. The largest absolute Gasteiger partial charge is 0.474 e. The lowest BCUT2D eigenvalue weighted by atomic mass is 9.96. The predicted octanol–water partition coefficient (Wildman–Crippen LogP) is 5.40. The Kier molecular flexibility index (Phi) is 5.51. The fourth-order valence-electron chi connectivity index (χ4n) is 2.80. The third-order valence-corrected chi connectivity index (χ3v) is 5.06. The van der Waals surface area contributed by atoms with Crippen LogP contribution in [0.25, 0.3) is 16.9 Å². The van der Waals surface area contributed by atoms with Crippen LogP contribution in [0.1, 0.15) is 46.5 Å². The average Bonchev–Trinajstić information content (AvgIpc) is 3.24. The normalized spacial score (nSPS) is 12.8. The molecule has 127 valence electrons. The summed E-state index contributed by atoms with van der Waals surface area (Å²) in [5.74, 6) is 2.25. The van der Waals surface area contributed by atoms with Crippen LogP contribution in [0.15, 0.2) is 35.2 Å². The van der Waals surface area contributed by atoms with Crippen molar-refractivity contribution in [2.75, 3.05) is 0 Å². The van der Waals surface area contributed by atoms with Gasteiger partial charge in [-0.25, -0.2) is 9.50 Å². The number of imidazole rings is 1. The summed E-state index contributed by atoms with van der Waals surface area (Å²) in [5, 5.41) is 8.80. The van der Waals surface area contributed by atoms with Gasteiger partial charge in [0.1, 0.15) is 0 Å². The first-order chi connectivity index (χ1) is 11.7. The topological polar surface area (TPSA) is 39.4 Å². The number of hydrogen-bond acceptors (Lipinski definition) is 4. The van der Waals surface area contributed by atoms with Crippen molar-refractivity contribution in [3.8, 4) is 17.1 Å². The van der Waals surface area contributed by atoms with Crippen molar-refractivity contribution in [3.63, 3.8) is 0 Å². The summed E-state index contributed by atoms with van der Waals surface area (Å²) >= 11 is 1.67. The van der Waals surface area contributed by atoms with Crippen LogP contribution >= 0.6 is 11.3 Å². The second kappa shape index (κ2) is 7.79. The summed E-state index contributed by atoms with van der Waals surface area (Å²) in [5.41, 5.74) is 2.97. The molecule has 3 heterocycles. The van der Waals surface area contributed by atoms with Crippen molar-refractivity contribution in [2.24, 2.45) is 0 Å². The first-order valence-electron chi connectivity index (χ1n) is 8.58. The number of rotatable bonds is 8. The Bertz CT molecular complexity index is 762. The SMILES string of the molecule is CC[C](CC)CCC(C)Oc1ccc2ncc(-c3ccsc3)n2n1. The van der Waals surface area contributed by atoms with E-state index in [9.17, 15) is 0 Å². The van der Waals surface area contributed by atoms with E-state index in [1.54, 1.807) is 17.3 Å². The summed E-state index contributed by atoms with van der Waals surface area (Å²) < 4.78 is 7.89. The zero-order valence-corrected chi connectivity index (χ0v) is 15.3. The molecule has 0 N–H and O–H groups in total. The molecule has 0 aliphatic rings. The first kappa shape index (κ1) is 17.0. The van der Waals surface area contributed by atoms with Crippen LogP contribution in [0.3, 0.4) is 0 Å². The van der Waals surface area contributed by atoms with Crippen LogP contribution < -0.4 is 4.74 Å². The number of ether oxygens (including phenoxy) is 1. The zero-order valence-electron chi connectivity index (χ0n) is 14.5. The molecule has 0 fully saturated rings. The van der Waals surface area contributed by atoms with Crippen LogP contribution in [0, 0.1) is 5.92 Å². The van der Waals surface area contributed by atoms with E-state index >= 15 is 0 Å². The lowest BCUT2D eigenvalue weighted by Crippen LogP contribution is -2.14. The van der Waals surface area contributed by atoms with E-state index in [1.165, 1.54) is 0 Å². The van der Waals surface area contributed by atoms with Gasteiger partial charge in [-0.1, -0.05) is 13.8 Å². The van der Waals surface area contributed by atoms with E-state index < -0.39 is 0 Å². The van der Waals surface area contributed by atoms with Crippen LogP contribution in [-0.4, -0.2) is 20.7 Å². The molecule has 0 aliphatic carbocycles. The molecule has 5 heteroatoms. The summed E-state index contributed by atoms with van der Waals surface area (Å²) in [7, 11) is 0. The van der Waals surface area contributed by atoms with Gasteiger partial charge < -0.3 is 4.74 Å². The van der Waals surface area contributed by atoms with Crippen molar-refractivity contribution in [3.05, 3.63) is 41.1 Å². The van der Waals surface area contributed by atoms with Crippen LogP contribution in [0.4, 0.5) is 0 Å². The van der Waals surface area contributed by atoms with Crippen molar-refractivity contribution in [2.45, 2.75) is 52.6 Å². The van der Waals surface area contributed by atoms with Gasteiger partial charge in [0.25, 0.3) is 0 Å². The van der Waals surface area contributed by atoms with Crippen molar-refractivity contribution in [1.29, 1.82) is 0 Å². The molecule has 24 heavy (non-hydrogen) atoms. The minimum atomic E-state index is 0.149. The molecule has 0 bridgehead atoms. The summed E-state index contributed by atoms with van der Waals surface area (Å²) in [6.07, 6.45) is 6.48. The van der Waals surface area contributed by atoms with E-state index in [0.29, 0.717) is 5.88 Å². The summed E-state index contributed by atoms with van der Waals surface area (Å²) in [6, 6.07) is 5.94. The van der Waals surface area contributed by atoms with Gasteiger partial charge in [-0.3, -0.25) is 0 Å². The van der Waals surface area contributed by atoms with E-state index in [-0.39, 0.29) is 6.10 Å². The van der Waals surface area contributed by atoms with Crippen molar-refractivity contribution in [1.82, 2.24) is 14.6 Å². The number of aromatic nitrogens is 3. The molecule has 0 saturated carbocycles. The molecule has 4 nitrogen and oxygen atoms in total. The Morgan fingerprint density at radius 2 is 2.08 bits per heavy atom. The van der Waals surface area contributed by atoms with Crippen molar-refractivity contribution >= 4 is 17.0 Å². The monoisotopic (exact) mass is 342 g/mol. The molecule has 0 amide bonds. The van der Waals surface area contributed by atoms with Gasteiger partial charge in [0, 0.05) is 17.0 Å². The maximum atomic E-state index is 6.03. The van der Waals surface area contributed by atoms with Gasteiger partial charge in [0.2, 0.25) is 5.88 Å².